The highest BCUT2D eigenvalue weighted by Crippen LogP contribution is 2.33. The number of nitrogens with one attached hydrogen (secondary N) is 1. The van der Waals surface area contributed by atoms with Gasteiger partial charge in [-0.25, -0.2) is 35.5 Å². The van der Waals surface area contributed by atoms with Crippen LogP contribution < -0.4 is 9.46 Å². The maximum Gasteiger partial charge on any atom is 0.410 e. The van der Waals surface area contributed by atoms with Gasteiger partial charge in [0.05, 0.1) is 18.1 Å². The van der Waals surface area contributed by atoms with Crippen LogP contribution in [0, 0.1) is 23.3 Å². The van der Waals surface area contributed by atoms with Crippen molar-refractivity contribution in [2.45, 2.75) is 81.6 Å². The third kappa shape index (κ3) is 12.8. The fraction of sp³-hybridized carbons (Fsp3) is 0.366. The minimum atomic E-state index is -4.27. The Kier molecular flexibility index (Phi) is 15.4. The molecule has 0 aromatic heterocycles. The molecule has 4 rings (SSSR count). The number of ether oxygens (including phenoxy) is 2. The summed E-state index contributed by atoms with van der Waals surface area (Å²) in [4.78, 5) is 31.2. The number of azide groups is 1. The van der Waals surface area contributed by atoms with Crippen LogP contribution in [0.1, 0.15) is 62.3 Å². The van der Waals surface area contributed by atoms with Gasteiger partial charge in [-0.05, 0) is 123 Å². The quantitative estimate of drug-likeness (QED) is 0.0447. The molecular formula is C41H45F4N5O7S. The number of carbonyl (C=O) groups excluding carboxylic acids is 2. The van der Waals surface area contributed by atoms with Crippen LogP contribution >= 0.6 is 0 Å². The number of amides is 1. The van der Waals surface area contributed by atoms with E-state index in [0.717, 1.165) is 35.2 Å². The van der Waals surface area contributed by atoms with E-state index in [-0.39, 0.29) is 53.1 Å². The summed E-state index contributed by atoms with van der Waals surface area (Å²) in [5.41, 5.74) is 8.87. The highest BCUT2D eigenvalue weighted by Gasteiger charge is 2.33. The first-order valence-electron chi connectivity index (χ1n) is 18.2. The molecule has 17 heteroatoms. The van der Waals surface area contributed by atoms with Crippen molar-refractivity contribution in [1.29, 1.82) is 0 Å². The van der Waals surface area contributed by atoms with Gasteiger partial charge in [0.1, 0.15) is 46.4 Å². The van der Waals surface area contributed by atoms with Crippen LogP contribution in [0.25, 0.3) is 10.4 Å². The van der Waals surface area contributed by atoms with Crippen molar-refractivity contribution in [2.75, 3.05) is 20.2 Å². The van der Waals surface area contributed by atoms with Crippen molar-refractivity contribution >= 4 is 21.9 Å². The van der Waals surface area contributed by atoms with E-state index in [2.05, 4.69) is 14.7 Å². The number of benzene rings is 4. The molecule has 0 aliphatic rings. The zero-order valence-electron chi connectivity index (χ0n) is 32.5. The Hall–Kier alpha value is -5.48. The summed E-state index contributed by atoms with van der Waals surface area (Å²) in [6.45, 7) is 5.80. The van der Waals surface area contributed by atoms with Gasteiger partial charge in [-0.1, -0.05) is 29.4 Å². The second-order valence-corrected chi connectivity index (χ2v) is 16.4. The number of Topliss-reactive ketones (excluding diaryl/α,β-unsaturated/α-hetero) is 1. The first-order chi connectivity index (χ1) is 27.3. The summed E-state index contributed by atoms with van der Waals surface area (Å²) >= 11 is 0. The van der Waals surface area contributed by atoms with Crippen LogP contribution in [-0.4, -0.2) is 74.3 Å². The third-order valence-electron chi connectivity index (χ3n) is 8.89. The third-order valence-corrected chi connectivity index (χ3v) is 10.4. The van der Waals surface area contributed by atoms with Gasteiger partial charge in [0.2, 0.25) is 10.0 Å². The van der Waals surface area contributed by atoms with E-state index in [4.69, 9.17) is 9.47 Å². The average Bonchev–Trinajstić information content (AvgIpc) is 3.13. The Morgan fingerprint density at radius 2 is 1.55 bits per heavy atom. The zero-order valence-corrected chi connectivity index (χ0v) is 33.3. The van der Waals surface area contributed by atoms with Crippen molar-refractivity contribution in [3.05, 3.63) is 141 Å². The molecule has 4 aromatic carbocycles. The molecule has 0 fully saturated rings. The average molecular weight is 828 g/mol. The first kappa shape index (κ1) is 45.2. The maximum absolute atomic E-state index is 15.8. The smallest absolute Gasteiger partial charge is 0.410 e. The minimum Gasteiger partial charge on any atom is -0.497 e. The fourth-order valence-electron chi connectivity index (χ4n) is 6.38. The molecule has 4 atom stereocenters. The lowest BCUT2D eigenvalue weighted by molar-refractivity contribution is -0.119. The van der Waals surface area contributed by atoms with Crippen molar-refractivity contribution in [2.24, 2.45) is 5.11 Å². The second-order valence-electron chi connectivity index (χ2n) is 14.7. The molecule has 58 heavy (non-hydrogen) atoms. The van der Waals surface area contributed by atoms with Gasteiger partial charge >= 0.3 is 6.09 Å². The van der Waals surface area contributed by atoms with Crippen LogP contribution in [0.2, 0.25) is 0 Å². The minimum absolute atomic E-state index is 0.00124. The van der Waals surface area contributed by atoms with Crippen LogP contribution in [0.5, 0.6) is 5.75 Å². The molecule has 0 aliphatic heterocycles. The molecule has 0 heterocycles. The predicted molar refractivity (Wildman–Crippen MR) is 208 cm³/mol. The van der Waals surface area contributed by atoms with Crippen LogP contribution in [-0.2, 0) is 32.4 Å². The Labute approximate surface area is 334 Å². The largest absolute Gasteiger partial charge is 0.497 e. The maximum atomic E-state index is 15.8. The molecule has 2 N–H and O–H groups in total. The number of sulfonamides is 1. The number of aliphatic hydroxyl groups is 1. The number of hydrogen-bond donors (Lipinski definition) is 2. The Bertz CT molecular complexity index is 2190. The SMILES string of the molecule is COc1ccc(S(=O)(=O)N[C@@H](CCc2c(F)cccc2CC(=O)[C@@H](N=[N+]=[N-])[C@@H](c2ccc(F)cc2)c2cc(F)cc(F)c2)CN(C[C@H](C)O)C(=O)OC(C)(C)C)cc1. The Morgan fingerprint density at radius 3 is 2.12 bits per heavy atom. The van der Waals surface area contributed by atoms with E-state index in [9.17, 15) is 41.8 Å². The van der Waals surface area contributed by atoms with Crippen molar-refractivity contribution < 1.29 is 50.1 Å². The van der Waals surface area contributed by atoms with Crippen LogP contribution in [0.3, 0.4) is 0 Å². The van der Waals surface area contributed by atoms with E-state index in [1.54, 1.807) is 20.8 Å². The standard InChI is InChI=1S/C41H45F4N5O7S/c1-25(51)23-50(40(53)57-41(2,3)4)24-32(48-58(54,55)34-16-14-33(56-5)15-17-34)13-18-35-27(7-6-8-36(35)45)21-37(52)39(47-49-46)38(26-9-11-29(42)12-10-26)28-19-30(43)22-31(44)20-28/h6-12,14-17,19-20,22,25,32,38-39,48,51H,13,18,21,23-24H2,1-5H3/t25-,32-,38-,39+/m0/s1. The summed E-state index contributed by atoms with van der Waals surface area (Å²) in [6.07, 6.45) is -2.75. The highest BCUT2D eigenvalue weighted by molar-refractivity contribution is 7.89. The van der Waals surface area contributed by atoms with Gasteiger partial charge in [-0.2, -0.15) is 0 Å². The summed E-state index contributed by atoms with van der Waals surface area (Å²) in [7, 11) is -2.85. The molecule has 0 saturated heterocycles. The normalized spacial score (nSPS) is 13.8. The Balaban J connectivity index is 1.71. The fourth-order valence-corrected chi connectivity index (χ4v) is 7.64. The van der Waals surface area contributed by atoms with Gasteiger partial charge in [0, 0.05) is 42.4 Å². The molecule has 0 unspecified atom stereocenters. The molecular weight excluding hydrogens is 783 g/mol. The first-order valence-corrected chi connectivity index (χ1v) is 19.7. The molecule has 4 aromatic rings. The van der Waals surface area contributed by atoms with E-state index in [1.807, 2.05) is 0 Å². The molecule has 0 saturated carbocycles. The highest BCUT2D eigenvalue weighted by atomic mass is 32.2. The monoisotopic (exact) mass is 827 g/mol. The topological polar surface area (TPSA) is 171 Å². The molecule has 0 spiro atoms. The van der Waals surface area contributed by atoms with Gasteiger partial charge in [0.15, 0.2) is 0 Å². The lowest BCUT2D eigenvalue weighted by Crippen LogP contribution is -2.49. The van der Waals surface area contributed by atoms with Crippen molar-refractivity contribution in [3.8, 4) is 5.75 Å². The van der Waals surface area contributed by atoms with Crippen LogP contribution in [0.4, 0.5) is 22.4 Å². The zero-order chi connectivity index (χ0) is 42.8. The molecule has 1 amide bonds. The number of nitrogens with zero attached hydrogens (tertiary/aromatic N) is 4. The number of methoxy groups -OCH3 is 1. The lowest BCUT2D eigenvalue weighted by Gasteiger charge is -2.31. The number of hydrogen-bond acceptors (Lipinski definition) is 8. The summed E-state index contributed by atoms with van der Waals surface area (Å²) < 4.78 is 99.2. The summed E-state index contributed by atoms with van der Waals surface area (Å²) in [5, 5.41) is 14.0. The van der Waals surface area contributed by atoms with Crippen molar-refractivity contribution in [1.82, 2.24) is 9.62 Å². The number of ketones is 1. The van der Waals surface area contributed by atoms with E-state index in [0.29, 0.717) is 11.8 Å². The summed E-state index contributed by atoms with van der Waals surface area (Å²) in [5.74, 6) is -4.98. The number of rotatable bonds is 18. The molecule has 12 nitrogen and oxygen atoms in total. The van der Waals surface area contributed by atoms with Crippen molar-refractivity contribution in [3.63, 3.8) is 0 Å². The number of carbonyl (C=O) groups is 2. The molecule has 0 radical (unpaired) electrons. The predicted octanol–water partition coefficient (Wildman–Crippen LogP) is 7.77. The van der Waals surface area contributed by atoms with Gasteiger partial charge in [0.25, 0.3) is 0 Å². The second kappa shape index (κ2) is 19.8. The molecule has 0 aliphatic carbocycles. The van der Waals surface area contributed by atoms with Gasteiger partial charge < -0.3 is 19.5 Å². The Morgan fingerprint density at radius 1 is 0.914 bits per heavy atom. The van der Waals surface area contributed by atoms with E-state index >= 15 is 4.39 Å². The lowest BCUT2D eigenvalue weighted by atomic mass is 9.81. The number of aliphatic hydroxyl groups excluding tert-OH is 1. The number of halogens is 4. The molecule has 310 valence electrons. The van der Waals surface area contributed by atoms with E-state index < -0.39 is 81.3 Å². The van der Waals surface area contributed by atoms with Gasteiger partial charge in [-0.3, -0.25) is 4.79 Å². The summed E-state index contributed by atoms with van der Waals surface area (Å²) in [6, 6.07) is 14.0. The van der Waals surface area contributed by atoms with Crippen LogP contribution in [0.15, 0.2) is 94.9 Å². The molecule has 0 bridgehead atoms. The van der Waals surface area contributed by atoms with E-state index in [1.165, 1.54) is 62.6 Å². The van der Waals surface area contributed by atoms with Gasteiger partial charge in [-0.15, -0.1) is 0 Å².